The minimum absolute atomic E-state index is 0.105. The minimum Gasteiger partial charge on any atom is -0.463 e. The lowest BCUT2D eigenvalue weighted by atomic mass is 10.1. The van der Waals surface area contributed by atoms with Gasteiger partial charge in [-0.3, -0.25) is 4.79 Å². The van der Waals surface area contributed by atoms with Gasteiger partial charge in [-0.15, -0.1) is 5.10 Å². The van der Waals surface area contributed by atoms with Crippen molar-refractivity contribution >= 4 is 17.6 Å². The van der Waals surface area contributed by atoms with Crippen LogP contribution in [0.3, 0.4) is 0 Å². The van der Waals surface area contributed by atoms with Crippen LogP contribution in [0.25, 0.3) is 5.69 Å². The topological polar surface area (TPSA) is 126 Å². The van der Waals surface area contributed by atoms with Crippen molar-refractivity contribution in [2.45, 2.75) is 0 Å². The number of anilines is 1. The van der Waals surface area contributed by atoms with Gasteiger partial charge in [-0.25, -0.2) is 14.5 Å². The molecular weight excluding hydrogens is 250 g/mol. The second kappa shape index (κ2) is 4.77. The number of amides is 1. The summed E-state index contributed by atoms with van der Waals surface area (Å²) >= 11 is 0. The molecule has 0 aliphatic heterocycles. The molecule has 1 amide bonds. The summed E-state index contributed by atoms with van der Waals surface area (Å²) in [6.45, 7) is 0. The number of carbonyl (C=O) groups is 2. The molecule has 0 fully saturated rings. The van der Waals surface area contributed by atoms with E-state index in [-0.39, 0.29) is 17.1 Å². The van der Waals surface area contributed by atoms with Gasteiger partial charge in [0.25, 0.3) is 11.7 Å². The summed E-state index contributed by atoms with van der Waals surface area (Å²) in [5, 5.41) is 3.91. The molecule has 0 atom stereocenters. The van der Waals surface area contributed by atoms with E-state index in [4.69, 9.17) is 11.5 Å². The number of aromatic nitrogens is 3. The van der Waals surface area contributed by atoms with Crippen LogP contribution in [0, 0.1) is 0 Å². The molecule has 0 aliphatic rings. The number of esters is 1. The number of methoxy groups -OCH3 is 1. The maximum absolute atomic E-state index is 11.3. The lowest BCUT2D eigenvalue weighted by Crippen LogP contribution is -2.15. The molecule has 0 bridgehead atoms. The molecule has 1 heterocycles. The molecule has 19 heavy (non-hydrogen) atoms. The van der Waals surface area contributed by atoms with Crippen LogP contribution in [-0.4, -0.2) is 33.8 Å². The van der Waals surface area contributed by atoms with Gasteiger partial charge in [0.2, 0.25) is 0 Å². The lowest BCUT2D eigenvalue weighted by Gasteiger charge is -2.07. The number of nitrogen functional groups attached to an aromatic ring is 1. The highest BCUT2D eigenvalue weighted by atomic mass is 16.5. The molecule has 0 saturated carbocycles. The first-order valence-electron chi connectivity index (χ1n) is 5.23. The predicted molar refractivity (Wildman–Crippen MR) is 65.6 cm³/mol. The quantitative estimate of drug-likeness (QED) is 0.578. The van der Waals surface area contributed by atoms with E-state index in [9.17, 15) is 9.59 Å². The van der Waals surface area contributed by atoms with E-state index in [1.807, 2.05) is 0 Å². The Morgan fingerprint density at radius 3 is 2.74 bits per heavy atom. The molecule has 2 rings (SSSR count). The SMILES string of the molecule is COC(=O)c1ncn(-c2cccc(C(N)=O)c2N)n1. The first-order chi connectivity index (χ1) is 9.04. The first-order valence-corrected chi connectivity index (χ1v) is 5.23. The summed E-state index contributed by atoms with van der Waals surface area (Å²) in [6, 6.07) is 4.72. The van der Waals surface area contributed by atoms with Crippen molar-refractivity contribution in [2.24, 2.45) is 5.73 Å². The van der Waals surface area contributed by atoms with Gasteiger partial charge in [-0.2, -0.15) is 0 Å². The number of ether oxygens (including phenoxy) is 1. The number of nitrogens with two attached hydrogens (primary N) is 2. The van der Waals surface area contributed by atoms with E-state index in [1.54, 1.807) is 12.1 Å². The van der Waals surface area contributed by atoms with Gasteiger partial charge in [0.05, 0.1) is 24.0 Å². The Balaban J connectivity index is 2.48. The predicted octanol–water partition coefficient (Wildman–Crippen LogP) is -0.265. The fourth-order valence-corrected chi connectivity index (χ4v) is 1.53. The Hall–Kier alpha value is -2.90. The molecule has 0 radical (unpaired) electrons. The van der Waals surface area contributed by atoms with E-state index in [2.05, 4.69) is 14.8 Å². The summed E-state index contributed by atoms with van der Waals surface area (Å²) in [5.74, 6) is -1.41. The van der Waals surface area contributed by atoms with Crippen LogP contribution in [0.4, 0.5) is 5.69 Å². The Bertz CT molecular complexity index is 650. The van der Waals surface area contributed by atoms with E-state index in [1.165, 1.54) is 24.2 Å². The van der Waals surface area contributed by atoms with E-state index in [0.29, 0.717) is 5.69 Å². The van der Waals surface area contributed by atoms with Gasteiger partial charge in [0.1, 0.15) is 6.33 Å². The summed E-state index contributed by atoms with van der Waals surface area (Å²) in [5.41, 5.74) is 11.8. The summed E-state index contributed by atoms with van der Waals surface area (Å²) in [7, 11) is 1.23. The van der Waals surface area contributed by atoms with Gasteiger partial charge in [0, 0.05) is 0 Å². The summed E-state index contributed by atoms with van der Waals surface area (Å²) < 4.78 is 5.77. The fraction of sp³-hybridized carbons (Fsp3) is 0.0909. The molecule has 0 unspecified atom stereocenters. The fourth-order valence-electron chi connectivity index (χ4n) is 1.53. The van der Waals surface area contributed by atoms with Crippen molar-refractivity contribution in [3.63, 3.8) is 0 Å². The van der Waals surface area contributed by atoms with Crippen molar-refractivity contribution in [1.29, 1.82) is 0 Å². The van der Waals surface area contributed by atoms with Crippen LogP contribution >= 0.6 is 0 Å². The zero-order chi connectivity index (χ0) is 14.0. The monoisotopic (exact) mass is 261 g/mol. The van der Waals surface area contributed by atoms with E-state index in [0.717, 1.165) is 0 Å². The van der Waals surface area contributed by atoms with Crippen molar-refractivity contribution in [3.8, 4) is 5.69 Å². The van der Waals surface area contributed by atoms with Crippen LogP contribution in [0.15, 0.2) is 24.5 Å². The molecule has 0 aliphatic carbocycles. The largest absolute Gasteiger partial charge is 0.463 e. The number of benzene rings is 1. The normalized spacial score (nSPS) is 10.2. The zero-order valence-electron chi connectivity index (χ0n) is 10.0. The standard InChI is InChI=1S/C11H11N5O3/c1-19-11(18)10-14-5-16(15-10)7-4-2-3-6(8(7)12)9(13)17/h2-5H,12H2,1H3,(H2,13,17). The Kier molecular flexibility index (Phi) is 3.15. The van der Waals surface area contributed by atoms with Crippen LogP contribution in [0.5, 0.6) is 0 Å². The highest BCUT2D eigenvalue weighted by molar-refractivity contribution is 5.99. The van der Waals surface area contributed by atoms with Gasteiger partial charge in [-0.1, -0.05) is 6.07 Å². The molecule has 98 valence electrons. The summed E-state index contributed by atoms with van der Waals surface area (Å²) in [6.07, 6.45) is 1.29. The van der Waals surface area contributed by atoms with Crippen molar-refractivity contribution in [2.75, 3.05) is 12.8 Å². The third-order valence-electron chi connectivity index (χ3n) is 2.46. The van der Waals surface area contributed by atoms with Crippen LogP contribution in [-0.2, 0) is 4.74 Å². The average Bonchev–Trinajstić information content (AvgIpc) is 2.87. The highest BCUT2D eigenvalue weighted by Crippen LogP contribution is 2.20. The number of carbonyl (C=O) groups excluding carboxylic acids is 2. The molecule has 8 nitrogen and oxygen atoms in total. The Morgan fingerprint density at radius 2 is 2.11 bits per heavy atom. The van der Waals surface area contributed by atoms with Gasteiger partial charge < -0.3 is 16.2 Å². The maximum Gasteiger partial charge on any atom is 0.377 e. The molecule has 1 aromatic carbocycles. The minimum atomic E-state index is -0.664. The molecule has 4 N–H and O–H groups in total. The van der Waals surface area contributed by atoms with Gasteiger partial charge >= 0.3 is 5.97 Å². The number of hydrogen-bond donors (Lipinski definition) is 2. The Labute approximate surface area is 108 Å². The second-order valence-electron chi connectivity index (χ2n) is 3.61. The number of para-hydroxylation sites is 1. The first kappa shape index (κ1) is 12.6. The van der Waals surface area contributed by atoms with Gasteiger partial charge in [-0.05, 0) is 12.1 Å². The van der Waals surface area contributed by atoms with E-state index < -0.39 is 11.9 Å². The highest BCUT2D eigenvalue weighted by Gasteiger charge is 2.15. The molecule has 2 aromatic rings. The molecule has 0 spiro atoms. The molecule has 8 heteroatoms. The lowest BCUT2D eigenvalue weighted by molar-refractivity contribution is 0.0586. The molecular formula is C11H11N5O3. The van der Waals surface area contributed by atoms with Crippen molar-refractivity contribution in [1.82, 2.24) is 14.8 Å². The molecule has 1 aromatic heterocycles. The van der Waals surface area contributed by atoms with Crippen LogP contribution in [0.2, 0.25) is 0 Å². The van der Waals surface area contributed by atoms with Crippen molar-refractivity contribution in [3.05, 3.63) is 35.9 Å². The van der Waals surface area contributed by atoms with Crippen molar-refractivity contribution < 1.29 is 14.3 Å². The average molecular weight is 261 g/mol. The van der Waals surface area contributed by atoms with Crippen LogP contribution < -0.4 is 11.5 Å². The van der Waals surface area contributed by atoms with Gasteiger partial charge in [0.15, 0.2) is 0 Å². The summed E-state index contributed by atoms with van der Waals surface area (Å²) in [4.78, 5) is 26.2. The Morgan fingerprint density at radius 1 is 1.37 bits per heavy atom. The molecule has 0 saturated heterocycles. The second-order valence-corrected chi connectivity index (χ2v) is 3.61. The third-order valence-corrected chi connectivity index (χ3v) is 2.46. The zero-order valence-corrected chi connectivity index (χ0v) is 10.0. The number of rotatable bonds is 3. The number of nitrogens with zero attached hydrogens (tertiary/aromatic N) is 3. The smallest absolute Gasteiger partial charge is 0.377 e. The number of hydrogen-bond acceptors (Lipinski definition) is 6. The number of primary amides is 1. The van der Waals surface area contributed by atoms with Crippen LogP contribution in [0.1, 0.15) is 21.0 Å². The maximum atomic E-state index is 11.3. The van der Waals surface area contributed by atoms with E-state index >= 15 is 0 Å². The third kappa shape index (κ3) is 2.23.